The molecule has 35 heavy (non-hydrogen) atoms. The molecule has 1 aromatic heterocycles. The van der Waals surface area contributed by atoms with E-state index in [1.54, 1.807) is 0 Å². The Labute approximate surface area is 216 Å². The van der Waals surface area contributed by atoms with E-state index in [9.17, 15) is 0 Å². The molecule has 0 amide bonds. The Morgan fingerprint density at radius 3 is 1.97 bits per heavy atom. The second-order valence-corrected chi connectivity index (χ2v) is 11.0. The number of benzene rings is 1. The molecule has 0 N–H and O–H groups in total. The van der Waals surface area contributed by atoms with Gasteiger partial charge in [-0.15, -0.1) is 0 Å². The van der Waals surface area contributed by atoms with Gasteiger partial charge in [0.05, 0.1) is 12.3 Å². The van der Waals surface area contributed by atoms with Gasteiger partial charge in [0.1, 0.15) is 5.75 Å². The minimum atomic E-state index is 0.833. The summed E-state index contributed by atoms with van der Waals surface area (Å²) in [5, 5.41) is 0. The Morgan fingerprint density at radius 2 is 1.34 bits per heavy atom. The number of aromatic nitrogens is 1. The van der Waals surface area contributed by atoms with Crippen molar-refractivity contribution in [2.45, 2.75) is 123 Å². The molecule has 1 aliphatic carbocycles. The lowest BCUT2D eigenvalue weighted by Crippen LogP contribution is -2.15. The van der Waals surface area contributed by atoms with Gasteiger partial charge in [0.25, 0.3) is 0 Å². The molecule has 194 valence electrons. The van der Waals surface area contributed by atoms with Crippen LogP contribution in [0, 0.1) is 11.8 Å². The summed E-state index contributed by atoms with van der Waals surface area (Å²) >= 11 is 0. The van der Waals surface area contributed by atoms with Crippen LogP contribution in [0.2, 0.25) is 0 Å². The van der Waals surface area contributed by atoms with E-state index < -0.39 is 0 Å². The molecule has 0 atom stereocenters. The molecule has 0 bridgehead atoms. The van der Waals surface area contributed by atoms with Crippen LogP contribution in [0.25, 0.3) is 11.3 Å². The molecule has 2 heteroatoms. The lowest BCUT2D eigenvalue weighted by atomic mass is 9.78. The highest BCUT2D eigenvalue weighted by Gasteiger charge is 2.20. The van der Waals surface area contributed by atoms with Crippen LogP contribution in [-0.4, -0.2) is 11.6 Å². The van der Waals surface area contributed by atoms with Crippen LogP contribution >= 0.6 is 0 Å². The van der Waals surface area contributed by atoms with Crippen molar-refractivity contribution in [1.82, 2.24) is 4.98 Å². The highest BCUT2D eigenvalue weighted by Crippen LogP contribution is 2.33. The number of aryl methyl sites for hydroxylation is 1. The summed E-state index contributed by atoms with van der Waals surface area (Å²) < 4.78 is 6.04. The molecule has 3 rings (SSSR count). The zero-order valence-electron chi connectivity index (χ0n) is 22.8. The van der Waals surface area contributed by atoms with Gasteiger partial charge in [0.2, 0.25) is 0 Å². The standard InChI is InChI=1S/C33H51NO/c1-3-5-6-7-8-9-10-11-14-30-20-25-33(34-27-30)31-21-23-32(24-22-31)35-26-12-15-29-18-16-28(13-4-2)17-19-29/h20-25,27-29H,3-19,26H2,1-2H3. The van der Waals surface area contributed by atoms with Gasteiger partial charge in [-0.2, -0.15) is 0 Å². The summed E-state index contributed by atoms with van der Waals surface area (Å²) in [4.78, 5) is 4.73. The number of hydrogen-bond donors (Lipinski definition) is 0. The molecule has 0 aliphatic heterocycles. The molecule has 0 saturated heterocycles. The monoisotopic (exact) mass is 477 g/mol. The maximum absolute atomic E-state index is 6.04. The molecule has 0 unspecified atom stereocenters. The first-order valence-corrected chi connectivity index (χ1v) is 15.0. The summed E-state index contributed by atoms with van der Waals surface area (Å²) in [6.45, 7) is 5.44. The van der Waals surface area contributed by atoms with Gasteiger partial charge in [0.15, 0.2) is 0 Å². The zero-order chi connectivity index (χ0) is 24.6. The second kappa shape index (κ2) is 16.8. The molecule has 2 aromatic rings. The zero-order valence-corrected chi connectivity index (χ0v) is 22.8. The third kappa shape index (κ3) is 10.8. The molecule has 1 saturated carbocycles. The van der Waals surface area contributed by atoms with Gasteiger partial charge < -0.3 is 4.74 Å². The average Bonchev–Trinajstić information content (AvgIpc) is 2.90. The van der Waals surface area contributed by atoms with Crippen molar-refractivity contribution >= 4 is 0 Å². The Balaban J connectivity index is 1.29. The van der Waals surface area contributed by atoms with E-state index >= 15 is 0 Å². The molecular formula is C33H51NO. The van der Waals surface area contributed by atoms with Crippen molar-refractivity contribution in [2.75, 3.05) is 6.61 Å². The smallest absolute Gasteiger partial charge is 0.119 e. The van der Waals surface area contributed by atoms with E-state index in [0.29, 0.717) is 0 Å². The summed E-state index contributed by atoms with van der Waals surface area (Å²) in [6.07, 6.45) is 25.2. The van der Waals surface area contributed by atoms with Crippen LogP contribution in [-0.2, 0) is 6.42 Å². The SMILES string of the molecule is CCCCCCCCCCc1ccc(-c2ccc(OCCCC3CCC(CCC)CC3)cc2)nc1. The second-order valence-electron chi connectivity index (χ2n) is 11.0. The molecule has 1 heterocycles. The summed E-state index contributed by atoms with van der Waals surface area (Å²) in [5.41, 5.74) is 3.58. The van der Waals surface area contributed by atoms with Gasteiger partial charge >= 0.3 is 0 Å². The van der Waals surface area contributed by atoms with Crippen LogP contribution in [0.1, 0.15) is 122 Å². The fraction of sp³-hybridized carbons (Fsp3) is 0.667. The fourth-order valence-corrected chi connectivity index (χ4v) is 5.71. The molecule has 1 aliphatic rings. The summed E-state index contributed by atoms with van der Waals surface area (Å²) in [5.74, 6) is 2.91. The Morgan fingerprint density at radius 1 is 0.686 bits per heavy atom. The van der Waals surface area contributed by atoms with Gasteiger partial charge in [0, 0.05) is 11.8 Å². The van der Waals surface area contributed by atoms with Crippen molar-refractivity contribution in [1.29, 1.82) is 0 Å². The minimum absolute atomic E-state index is 0.833. The third-order valence-corrected chi connectivity index (χ3v) is 7.98. The lowest BCUT2D eigenvalue weighted by Gasteiger charge is -2.28. The predicted octanol–water partition coefficient (Wildman–Crippen LogP) is 10.2. The van der Waals surface area contributed by atoms with Crippen LogP contribution in [0.3, 0.4) is 0 Å². The molecule has 0 radical (unpaired) electrons. The van der Waals surface area contributed by atoms with E-state index in [1.165, 1.54) is 114 Å². The van der Waals surface area contributed by atoms with E-state index in [2.05, 4.69) is 56.4 Å². The number of ether oxygens (including phenoxy) is 1. The Kier molecular flexibility index (Phi) is 13.3. The summed E-state index contributed by atoms with van der Waals surface area (Å²) in [6, 6.07) is 12.9. The number of hydrogen-bond acceptors (Lipinski definition) is 2. The van der Waals surface area contributed by atoms with Gasteiger partial charge in [-0.3, -0.25) is 4.98 Å². The molecular weight excluding hydrogens is 426 g/mol. The van der Waals surface area contributed by atoms with E-state index in [1.807, 2.05) is 0 Å². The Bertz CT molecular complexity index is 774. The van der Waals surface area contributed by atoms with Gasteiger partial charge in [-0.05, 0) is 73.4 Å². The molecule has 1 fully saturated rings. The number of nitrogens with zero attached hydrogens (tertiary/aromatic N) is 1. The largest absolute Gasteiger partial charge is 0.494 e. The average molecular weight is 478 g/mol. The highest BCUT2D eigenvalue weighted by molar-refractivity contribution is 5.60. The summed E-state index contributed by atoms with van der Waals surface area (Å²) in [7, 11) is 0. The molecule has 2 nitrogen and oxygen atoms in total. The van der Waals surface area contributed by atoms with Crippen molar-refractivity contribution in [3.63, 3.8) is 0 Å². The van der Waals surface area contributed by atoms with Crippen LogP contribution in [0.15, 0.2) is 42.6 Å². The van der Waals surface area contributed by atoms with E-state index in [-0.39, 0.29) is 0 Å². The highest BCUT2D eigenvalue weighted by atomic mass is 16.5. The van der Waals surface area contributed by atoms with Crippen LogP contribution < -0.4 is 4.74 Å². The quantitative estimate of drug-likeness (QED) is 0.211. The first-order valence-electron chi connectivity index (χ1n) is 15.0. The van der Waals surface area contributed by atoms with E-state index in [0.717, 1.165) is 36.3 Å². The topological polar surface area (TPSA) is 22.1 Å². The van der Waals surface area contributed by atoms with Crippen molar-refractivity contribution in [2.24, 2.45) is 11.8 Å². The van der Waals surface area contributed by atoms with Crippen molar-refractivity contribution < 1.29 is 4.74 Å². The third-order valence-electron chi connectivity index (χ3n) is 7.98. The first kappa shape index (κ1) is 27.8. The van der Waals surface area contributed by atoms with Crippen LogP contribution in [0.5, 0.6) is 5.75 Å². The van der Waals surface area contributed by atoms with E-state index in [4.69, 9.17) is 9.72 Å². The lowest BCUT2D eigenvalue weighted by molar-refractivity contribution is 0.230. The van der Waals surface area contributed by atoms with Crippen LogP contribution in [0.4, 0.5) is 0 Å². The van der Waals surface area contributed by atoms with Crippen molar-refractivity contribution in [3.05, 3.63) is 48.2 Å². The first-order chi connectivity index (χ1) is 17.3. The van der Waals surface area contributed by atoms with Gasteiger partial charge in [-0.1, -0.05) is 103 Å². The predicted molar refractivity (Wildman–Crippen MR) is 151 cm³/mol. The normalized spacial score (nSPS) is 18.0. The van der Waals surface area contributed by atoms with Gasteiger partial charge in [-0.25, -0.2) is 0 Å². The minimum Gasteiger partial charge on any atom is -0.494 e. The Hall–Kier alpha value is -1.83. The maximum Gasteiger partial charge on any atom is 0.119 e. The number of unbranched alkanes of at least 4 members (excludes halogenated alkanes) is 7. The number of pyridine rings is 1. The maximum atomic E-state index is 6.04. The number of rotatable bonds is 17. The molecule has 0 spiro atoms. The fourth-order valence-electron chi connectivity index (χ4n) is 5.71. The molecule has 1 aromatic carbocycles. The van der Waals surface area contributed by atoms with Crippen molar-refractivity contribution in [3.8, 4) is 17.0 Å².